The van der Waals surface area contributed by atoms with Crippen molar-refractivity contribution in [2.24, 2.45) is 0 Å². The Morgan fingerprint density at radius 3 is 1.57 bits per heavy atom. The van der Waals surface area contributed by atoms with E-state index in [2.05, 4.69) is 69.7 Å². The fourth-order valence-electron chi connectivity index (χ4n) is 3.12. The van der Waals surface area contributed by atoms with Gasteiger partial charge in [-0.05, 0) is 57.1 Å². The van der Waals surface area contributed by atoms with Crippen molar-refractivity contribution < 1.29 is 16.5 Å². The predicted octanol–water partition coefficient (Wildman–Crippen LogP) is 4.50. The largest absolute Gasteiger partial charge is 0.416 e. The molecule has 0 saturated carbocycles. The molecular weight excluding hydrogens is 357 g/mol. The molecule has 0 radical (unpaired) electrons. The first-order valence-corrected chi connectivity index (χ1v) is 18.8. The number of rotatable bonds is 2. The van der Waals surface area contributed by atoms with E-state index in [1.165, 1.54) is 0 Å². The van der Waals surface area contributed by atoms with Gasteiger partial charge in [-0.2, -0.15) is 0 Å². The molecule has 128 valence electrons. The highest BCUT2D eigenvalue weighted by Crippen LogP contribution is 2.31. The molecule has 8 heteroatoms. The molecule has 23 heavy (non-hydrogen) atoms. The third-order valence-electron chi connectivity index (χ3n) is 3.26. The minimum atomic E-state index is -2.52. The van der Waals surface area contributed by atoms with Gasteiger partial charge in [-0.25, -0.2) is 0 Å². The molecule has 1 saturated heterocycles. The Labute approximate surface area is 144 Å². The first-order chi connectivity index (χ1) is 10.4. The van der Waals surface area contributed by atoms with Crippen molar-refractivity contribution in [1.82, 2.24) is 0 Å². The van der Waals surface area contributed by atoms with E-state index in [9.17, 15) is 0 Å². The molecule has 0 amide bonds. The van der Waals surface area contributed by atoms with Crippen molar-refractivity contribution in [2.45, 2.75) is 45.8 Å². The summed E-state index contributed by atoms with van der Waals surface area (Å²) in [6, 6.07) is 10.2. The van der Waals surface area contributed by atoms with Crippen LogP contribution < -0.4 is 0 Å². The molecule has 4 nitrogen and oxygen atoms in total. The van der Waals surface area contributed by atoms with Crippen molar-refractivity contribution in [3.63, 3.8) is 0 Å². The van der Waals surface area contributed by atoms with Gasteiger partial charge in [0.25, 0.3) is 0 Å². The lowest BCUT2D eigenvalue weighted by Crippen LogP contribution is -2.64. The molecule has 0 aliphatic carbocycles. The summed E-state index contributed by atoms with van der Waals surface area (Å²) in [4.78, 5) is 0. The van der Waals surface area contributed by atoms with Crippen LogP contribution in [-0.4, -0.2) is 34.2 Å². The Morgan fingerprint density at radius 1 is 0.652 bits per heavy atom. The van der Waals surface area contributed by atoms with Gasteiger partial charge >= 0.3 is 34.2 Å². The number of hydrogen-bond acceptors (Lipinski definition) is 4. The molecule has 1 fully saturated rings. The molecule has 0 spiro atoms. The number of benzene rings is 1. The van der Waals surface area contributed by atoms with Crippen molar-refractivity contribution in [3.8, 4) is 0 Å². The van der Waals surface area contributed by atoms with E-state index in [1.807, 2.05) is 18.2 Å². The SMILES string of the molecule is C[Si]1(C)O[Si](C)(C)O[Si](C)(/C=C/c2ccccc2)O[Si](C)(C)O1. The average molecular weight is 385 g/mol. The summed E-state index contributed by atoms with van der Waals surface area (Å²) >= 11 is 0. The molecular formula is C15H28O4Si4. The van der Waals surface area contributed by atoms with Gasteiger partial charge < -0.3 is 16.5 Å². The van der Waals surface area contributed by atoms with E-state index < -0.39 is 34.2 Å². The Kier molecular flexibility index (Phi) is 5.39. The van der Waals surface area contributed by atoms with Crippen LogP contribution in [0.15, 0.2) is 36.0 Å². The molecule has 2 rings (SSSR count). The normalized spacial score (nSPS) is 25.7. The summed E-state index contributed by atoms with van der Waals surface area (Å²) in [5.74, 6) is 0. The standard InChI is InChI=1S/C15H28O4Si4/c1-20(2)16-21(3,4)18-23(7,19-22(5,6)17-20)14-13-15-11-9-8-10-12-15/h8-14H,1-7H3/b14-13+. The van der Waals surface area contributed by atoms with Crippen LogP contribution in [0.4, 0.5) is 0 Å². The maximum absolute atomic E-state index is 6.50. The van der Waals surface area contributed by atoms with Crippen LogP contribution in [-0.2, 0) is 16.5 Å². The van der Waals surface area contributed by atoms with E-state index in [4.69, 9.17) is 16.5 Å². The van der Waals surface area contributed by atoms with Gasteiger partial charge in [0.05, 0.1) is 0 Å². The molecule has 1 aliphatic rings. The van der Waals surface area contributed by atoms with Crippen molar-refractivity contribution >= 4 is 40.3 Å². The molecule has 1 aromatic carbocycles. The molecule has 0 bridgehead atoms. The topological polar surface area (TPSA) is 36.9 Å². The summed E-state index contributed by atoms with van der Waals surface area (Å²) < 4.78 is 25.7. The Morgan fingerprint density at radius 2 is 1.09 bits per heavy atom. The van der Waals surface area contributed by atoms with Crippen LogP contribution in [0, 0.1) is 0 Å². The van der Waals surface area contributed by atoms with Crippen LogP contribution in [0.2, 0.25) is 45.8 Å². The minimum absolute atomic E-state index is 1.14. The molecule has 1 heterocycles. The first-order valence-electron chi connectivity index (χ1n) is 7.95. The van der Waals surface area contributed by atoms with Crippen LogP contribution in [0.25, 0.3) is 6.08 Å². The summed E-state index contributed by atoms with van der Waals surface area (Å²) in [6.45, 7) is 14.6. The lowest BCUT2D eigenvalue weighted by atomic mass is 10.2. The van der Waals surface area contributed by atoms with E-state index in [-0.39, 0.29) is 0 Å². The Hall–Kier alpha value is -0.332. The van der Waals surface area contributed by atoms with Gasteiger partial charge in [0.2, 0.25) is 0 Å². The third-order valence-corrected chi connectivity index (χ3v) is 19.1. The van der Waals surface area contributed by atoms with Crippen molar-refractivity contribution in [3.05, 3.63) is 41.6 Å². The zero-order valence-electron chi connectivity index (χ0n) is 15.2. The highest BCUT2D eigenvalue weighted by atomic mass is 28.5. The highest BCUT2D eigenvalue weighted by Gasteiger charge is 2.51. The van der Waals surface area contributed by atoms with E-state index in [0.29, 0.717) is 0 Å². The van der Waals surface area contributed by atoms with E-state index in [1.54, 1.807) is 0 Å². The van der Waals surface area contributed by atoms with Crippen LogP contribution in [0.3, 0.4) is 0 Å². The van der Waals surface area contributed by atoms with Gasteiger partial charge in [-0.3, -0.25) is 0 Å². The number of hydrogen-bond donors (Lipinski definition) is 0. The van der Waals surface area contributed by atoms with Gasteiger partial charge in [0.15, 0.2) is 0 Å². The average Bonchev–Trinajstić information content (AvgIpc) is 2.31. The fraction of sp³-hybridized carbons (Fsp3) is 0.467. The molecule has 0 atom stereocenters. The predicted molar refractivity (Wildman–Crippen MR) is 104 cm³/mol. The maximum Gasteiger partial charge on any atom is 0.344 e. The van der Waals surface area contributed by atoms with Crippen molar-refractivity contribution in [2.75, 3.05) is 0 Å². The zero-order chi connectivity index (χ0) is 17.4. The molecule has 0 N–H and O–H groups in total. The second-order valence-corrected chi connectivity index (χ2v) is 21.4. The fourth-order valence-corrected chi connectivity index (χ4v) is 23.6. The lowest BCUT2D eigenvalue weighted by Gasteiger charge is -2.46. The van der Waals surface area contributed by atoms with Crippen LogP contribution in [0.1, 0.15) is 5.56 Å². The Balaban J connectivity index is 2.30. The van der Waals surface area contributed by atoms with Crippen LogP contribution in [0.5, 0.6) is 0 Å². The molecule has 0 unspecified atom stereocenters. The molecule has 0 aromatic heterocycles. The van der Waals surface area contributed by atoms with Gasteiger partial charge in [-0.15, -0.1) is 0 Å². The highest BCUT2D eigenvalue weighted by molar-refractivity contribution is 6.94. The van der Waals surface area contributed by atoms with Crippen LogP contribution >= 0.6 is 0 Å². The lowest BCUT2D eigenvalue weighted by molar-refractivity contribution is 0.241. The van der Waals surface area contributed by atoms with Gasteiger partial charge in [0.1, 0.15) is 0 Å². The molecule has 1 aliphatic heterocycles. The molecule has 1 aromatic rings. The van der Waals surface area contributed by atoms with Gasteiger partial charge in [0, 0.05) is 0 Å². The quantitative estimate of drug-likeness (QED) is 0.704. The smallest absolute Gasteiger partial charge is 0.344 e. The summed E-state index contributed by atoms with van der Waals surface area (Å²) in [5, 5.41) is 0. The first kappa shape index (κ1) is 19.0. The van der Waals surface area contributed by atoms with Gasteiger partial charge in [-0.1, -0.05) is 36.4 Å². The summed E-state index contributed by atoms with van der Waals surface area (Å²) in [7, 11) is -9.34. The third kappa shape index (κ3) is 5.91. The van der Waals surface area contributed by atoms with Crippen molar-refractivity contribution in [1.29, 1.82) is 0 Å². The summed E-state index contributed by atoms with van der Waals surface area (Å²) in [6.07, 6.45) is 2.09. The zero-order valence-corrected chi connectivity index (χ0v) is 19.2. The monoisotopic (exact) mass is 384 g/mol. The second-order valence-electron chi connectivity index (χ2n) is 7.37. The van der Waals surface area contributed by atoms with E-state index >= 15 is 0 Å². The Bertz CT molecular complexity index is 550. The van der Waals surface area contributed by atoms with E-state index in [0.717, 1.165) is 5.56 Å². The second kappa shape index (κ2) is 6.52. The summed E-state index contributed by atoms with van der Waals surface area (Å²) in [5.41, 5.74) is 3.25. The maximum atomic E-state index is 6.50. The minimum Gasteiger partial charge on any atom is -0.416 e.